The van der Waals surface area contributed by atoms with Gasteiger partial charge in [0.25, 0.3) is 0 Å². The summed E-state index contributed by atoms with van der Waals surface area (Å²) < 4.78 is 21.1. The highest BCUT2D eigenvalue weighted by Gasteiger charge is 2.23. The molecule has 38 heavy (non-hydrogen) atoms. The second-order valence-corrected chi connectivity index (χ2v) is 11.1. The number of benzene rings is 2. The van der Waals surface area contributed by atoms with Crippen molar-refractivity contribution in [1.82, 2.24) is 29.2 Å². The van der Waals surface area contributed by atoms with Gasteiger partial charge in [-0.15, -0.1) is 0 Å². The van der Waals surface area contributed by atoms with Crippen LogP contribution >= 0.6 is 0 Å². The zero-order chi connectivity index (χ0) is 26.7. The first-order chi connectivity index (χ1) is 18.2. The van der Waals surface area contributed by atoms with Crippen molar-refractivity contribution >= 4 is 27.3 Å². The number of fused-ring (bicyclic) bond motifs is 3. The summed E-state index contributed by atoms with van der Waals surface area (Å²) in [5.41, 5.74) is 7.79. The van der Waals surface area contributed by atoms with E-state index in [2.05, 4.69) is 64.8 Å². The molecule has 0 fully saturated rings. The second kappa shape index (κ2) is 9.08. The van der Waals surface area contributed by atoms with Gasteiger partial charge >= 0.3 is 0 Å². The summed E-state index contributed by atoms with van der Waals surface area (Å²) in [5, 5.41) is 16.7. The third-order valence-electron chi connectivity index (χ3n) is 7.36. The zero-order valence-corrected chi connectivity index (χ0v) is 22.8. The molecule has 6 nitrogen and oxygen atoms in total. The minimum Gasteiger partial charge on any atom is -0.260 e. The number of hydrogen-bond donors (Lipinski definition) is 0. The Morgan fingerprint density at radius 1 is 0.816 bits per heavy atom. The van der Waals surface area contributed by atoms with Crippen LogP contribution in [-0.2, 0) is 6.54 Å². The van der Waals surface area contributed by atoms with Gasteiger partial charge in [-0.3, -0.25) is 4.68 Å². The lowest BCUT2D eigenvalue weighted by molar-refractivity contribution is 0.624. The number of aromatic nitrogens is 6. The van der Waals surface area contributed by atoms with Crippen LogP contribution in [0.3, 0.4) is 0 Å². The fraction of sp³-hybridized carbons (Fsp3) is 0.323. The molecule has 7 heteroatoms. The molecule has 0 aliphatic rings. The van der Waals surface area contributed by atoms with E-state index in [9.17, 15) is 0 Å². The van der Waals surface area contributed by atoms with Crippen molar-refractivity contribution in [3.05, 3.63) is 89.3 Å². The molecule has 0 bridgehead atoms. The molecule has 4 heterocycles. The largest absolute Gasteiger partial charge is 0.260 e. The third-order valence-corrected chi connectivity index (χ3v) is 7.36. The van der Waals surface area contributed by atoms with E-state index in [0.717, 1.165) is 50.0 Å². The third kappa shape index (κ3) is 3.80. The minimum atomic E-state index is -0.305. The number of rotatable bonds is 6. The van der Waals surface area contributed by atoms with E-state index >= 15 is 4.39 Å². The lowest BCUT2D eigenvalue weighted by atomic mass is 10.0. The van der Waals surface area contributed by atoms with Gasteiger partial charge in [0.15, 0.2) is 0 Å². The maximum atomic E-state index is 15.4. The predicted molar refractivity (Wildman–Crippen MR) is 151 cm³/mol. The molecule has 0 aliphatic carbocycles. The Labute approximate surface area is 221 Å². The van der Waals surface area contributed by atoms with Gasteiger partial charge in [0, 0.05) is 28.6 Å². The van der Waals surface area contributed by atoms with E-state index < -0.39 is 0 Å². The van der Waals surface area contributed by atoms with Crippen LogP contribution in [0.15, 0.2) is 60.9 Å². The van der Waals surface area contributed by atoms with Gasteiger partial charge < -0.3 is 0 Å². The molecule has 0 aliphatic heterocycles. The Kier molecular flexibility index (Phi) is 5.82. The molecule has 2 aromatic carbocycles. The summed E-state index contributed by atoms with van der Waals surface area (Å²) in [7, 11) is 0. The second-order valence-electron chi connectivity index (χ2n) is 11.1. The molecule has 0 N–H and O–H groups in total. The van der Waals surface area contributed by atoms with Crippen LogP contribution in [0.25, 0.3) is 33.0 Å². The van der Waals surface area contributed by atoms with Gasteiger partial charge in [-0.05, 0) is 41.5 Å². The highest BCUT2D eigenvalue weighted by molar-refractivity contribution is 5.94. The standard InChI is InChI=1S/C31H33FN6/c1-18(2)24-16-33-36-13-9-10-21(31(24)36)17-37-26-14-22(32)15-27(28(26)30(34-37)20(5)6)38-25-12-8-7-11-23(25)29(35-38)19(3)4/h7-16,18-20H,17H2,1-6H3. The number of hydrogen-bond acceptors (Lipinski definition) is 3. The van der Waals surface area contributed by atoms with Crippen LogP contribution in [0.2, 0.25) is 0 Å². The maximum Gasteiger partial charge on any atom is 0.127 e. The average molecular weight is 509 g/mol. The number of para-hydroxylation sites is 1. The number of halogens is 1. The van der Waals surface area contributed by atoms with E-state index in [1.54, 1.807) is 12.1 Å². The Morgan fingerprint density at radius 3 is 2.32 bits per heavy atom. The summed E-state index contributed by atoms with van der Waals surface area (Å²) in [4.78, 5) is 0. The molecule has 0 radical (unpaired) electrons. The van der Waals surface area contributed by atoms with Gasteiger partial charge in [0.1, 0.15) is 5.82 Å². The van der Waals surface area contributed by atoms with E-state index in [1.807, 2.05) is 44.5 Å². The zero-order valence-electron chi connectivity index (χ0n) is 22.8. The minimum absolute atomic E-state index is 0.145. The lowest BCUT2D eigenvalue weighted by Gasteiger charge is -2.11. The molecule has 0 atom stereocenters. The molecule has 6 aromatic rings. The molecule has 0 saturated heterocycles. The van der Waals surface area contributed by atoms with E-state index in [0.29, 0.717) is 12.5 Å². The highest BCUT2D eigenvalue weighted by atomic mass is 19.1. The molecule has 0 spiro atoms. The Balaban J connectivity index is 1.61. The Hall–Kier alpha value is -4.00. The predicted octanol–water partition coefficient (Wildman–Crippen LogP) is 7.58. The van der Waals surface area contributed by atoms with E-state index in [-0.39, 0.29) is 17.7 Å². The monoisotopic (exact) mass is 508 g/mol. The summed E-state index contributed by atoms with van der Waals surface area (Å²) >= 11 is 0. The lowest BCUT2D eigenvalue weighted by Crippen LogP contribution is -2.06. The van der Waals surface area contributed by atoms with Gasteiger partial charge in [-0.2, -0.15) is 15.3 Å². The van der Waals surface area contributed by atoms with Crippen LogP contribution in [0.5, 0.6) is 0 Å². The molecule has 0 amide bonds. The van der Waals surface area contributed by atoms with Crippen molar-refractivity contribution in [1.29, 1.82) is 0 Å². The fourth-order valence-corrected chi connectivity index (χ4v) is 5.52. The smallest absolute Gasteiger partial charge is 0.127 e. The van der Waals surface area contributed by atoms with Crippen molar-refractivity contribution < 1.29 is 4.39 Å². The average Bonchev–Trinajstić information content (AvgIpc) is 3.58. The summed E-state index contributed by atoms with van der Waals surface area (Å²) in [6, 6.07) is 15.5. The quantitative estimate of drug-likeness (QED) is 0.233. The van der Waals surface area contributed by atoms with Crippen molar-refractivity contribution in [3.63, 3.8) is 0 Å². The van der Waals surface area contributed by atoms with Crippen molar-refractivity contribution in [2.75, 3.05) is 0 Å². The molecule has 6 rings (SSSR count). The first-order valence-electron chi connectivity index (χ1n) is 13.4. The van der Waals surface area contributed by atoms with Gasteiger partial charge in [0.2, 0.25) is 0 Å². The van der Waals surface area contributed by atoms with Gasteiger partial charge in [0.05, 0.1) is 46.4 Å². The molecular weight excluding hydrogens is 475 g/mol. The van der Waals surface area contributed by atoms with Gasteiger partial charge in [-0.25, -0.2) is 13.6 Å². The Bertz CT molecular complexity index is 1800. The normalized spacial score (nSPS) is 12.4. The molecule has 0 saturated carbocycles. The van der Waals surface area contributed by atoms with Crippen LogP contribution in [0.1, 0.15) is 81.8 Å². The molecule has 4 aromatic heterocycles. The number of pyridine rings is 1. The Morgan fingerprint density at radius 2 is 1.58 bits per heavy atom. The van der Waals surface area contributed by atoms with Crippen LogP contribution in [0.4, 0.5) is 4.39 Å². The van der Waals surface area contributed by atoms with Crippen LogP contribution < -0.4 is 0 Å². The highest BCUT2D eigenvalue weighted by Crippen LogP contribution is 2.35. The first kappa shape index (κ1) is 24.3. The van der Waals surface area contributed by atoms with Crippen molar-refractivity contribution in [2.45, 2.75) is 65.8 Å². The fourth-order valence-electron chi connectivity index (χ4n) is 5.52. The van der Waals surface area contributed by atoms with E-state index in [1.165, 1.54) is 5.56 Å². The maximum absolute atomic E-state index is 15.4. The van der Waals surface area contributed by atoms with Crippen LogP contribution in [-0.4, -0.2) is 29.2 Å². The van der Waals surface area contributed by atoms with Crippen molar-refractivity contribution in [2.24, 2.45) is 0 Å². The van der Waals surface area contributed by atoms with Gasteiger partial charge in [-0.1, -0.05) is 65.8 Å². The first-order valence-corrected chi connectivity index (χ1v) is 13.4. The SMILES string of the molecule is CC(C)c1nn(-c2cc(F)cc3c2c(C(C)C)nn3Cc2cccn3ncc(C(C)C)c23)c2ccccc12. The topological polar surface area (TPSA) is 52.9 Å². The molecule has 0 unspecified atom stereocenters. The molecular formula is C31H33FN6. The summed E-state index contributed by atoms with van der Waals surface area (Å²) in [6.07, 6.45) is 3.91. The van der Waals surface area contributed by atoms with E-state index in [4.69, 9.17) is 10.2 Å². The summed E-state index contributed by atoms with van der Waals surface area (Å²) in [6.45, 7) is 13.4. The summed E-state index contributed by atoms with van der Waals surface area (Å²) in [5.74, 6) is 0.414. The van der Waals surface area contributed by atoms with Crippen LogP contribution in [0, 0.1) is 5.82 Å². The van der Waals surface area contributed by atoms with Crippen molar-refractivity contribution in [3.8, 4) is 5.69 Å². The molecule has 194 valence electrons. The number of nitrogens with zero attached hydrogens (tertiary/aromatic N) is 6.